The zero-order valence-electron chi connectivity index (χ0n) is 10.3. The third kappa shape index (κ3) is 2.50. The maximum absolute atomic E-state index is 5.96. The Morgan fingerprint density at radius 1 is 1.35 bits per heavy atom. The monoisotopic (exact) mass is 252 g/mol. The summed E-state index contributed by atoms with van der Waals surface area (Å²) in [6.07, 6.45) is 6.21. The van der Waals surface area contributed by atoms with Crippen molar-refractivity contribution in [3.63, 3.8) is 0 Å². The molecule has 0 aliphatic heterocycles. The Bertz CT molecular complexity index is 395. The van der Waals surface area contributed by atoms with Crippen LogP contribution >= 0.6 is 11.8 Å². The highest BCUT2D eigenvalue weighted by atomic mass is 32.2. The molecule has 2 aliphatic carbocycles. The van der Waals surface area contributed by atoms with Gasteiger partial charge in [0.05, 0.1) is 0 Å². The van der Waals surface area contributed by atoms with E-state index in [-0.39, 0.29) is 6.04 Å². The van der Waals surface area contributed by atoms with Crippen LogP contribution in [0.3, 0.4) is 0 Å². The fraction of sp³-hybridized carbons (Fsp3) is 0.833. The van der Waals surface area contributed by atoms with Crippen LogP contribution < -0.4 is 5.73 Å². The van der Waals surface area contributed by atoms with Crippen molar-refractivity contribution in [1.82, 2.24) is 14.8 Å². The highest BCUT2D eigenvalue weighted by Crippen LogP contribution is 2.45. The minimum absolute atomic E-state index is 0.272. The van der Waals surface area contributed by atoms with Crippen molar-refractivity contribution >= 4 is 11.8 Å². The fourth-order valence-corrected chi connectivity index (χ4v) is 3.06. The van der Waals surface area contributed by atoms with E-state index in [0.29, 0.717) is 12.0 Å². The molecule has 94 valence electrons. The van der Waals surface area contributed by atoms with Gasteiger partial charge in [0.1, 0.15) is 5.82 Å². The lowest BCUT2D eigenvalue weighted by Crippen LogP contribution is -2.21. The van der Waals surface area contributed by atoms with Gasteiger partial charge in [0, 0.05) is 23.8 Å². The third-order valence-electron chi connectivity index (χ3n) is 3.50. The number of nitrogens with two attached hydrogens (primary N) is 1. The largest absolute Gasteiger partial charge is 0.327 e. The Kier molecular flexibility index (Phi) is 3.13. The molecule has 0 saturated heterocycles. The van der Waals surface area contributed by atoms with Crippen LogP contribution in [-0.4, -0.2) is 26.6 Å². The zero-order chi connectivity index (χ0) is 11.8. The van der Waals surface area contributed by atoms with Crippen LogP contribution in [0.5, 0.6) is 0 Å². The Hall–Kier alpha value is -0.550. The van der Waals surface area contributed by atoms with Crippen molar-refractivity contribution in [1.29, 1.82) is 0 Å². The number of hydrogen-bond donors (Lipinski definition) is 1. The van der Waals surface area contributed by atoms with Crippen LogP contribution in [0.15, 0.2) is 5.16 Å². The normalized spacial score (nSPS) is 21.8. The molecule has 0 spiro atoms. The van der Waals surface area contributed by atoms with Crippen molar-refractivity contribution in [2.45, 2.75) is 62.2 Å². The molecule has 2 fully saturated rings. The molecule has 5 heteroatoms. The first-order valence-electron chi connectivity index (χ1n) is 6.62. The Morgan fingerprint density at radius 2 is 2.12 bits per heavy atom. The van der Waals surface area contributed by atoms with Crippen LogP contribution in [0.1, 0.15) is 56.8 Å². The van der Waals surface area contributed by atoms with Gasteiger partial charge in [-0.3, -0.25) is 0 Å². The van der Waals surface area contributed by atoms with Gasteiger partial charge in [0.2, 0.25) is 0 Å². The molecule has 1 unspecified atom stereocenters. The minimum atomic E-state index is 0.272. The predicted octanol–water partition coefficient (Wildman–Crippen LogP) is 2.32. The third-order valence-corrected chi connectivity index (χ3v) is 4.63. The van der Waals surface area contributed by atoms with E-state index < -0.39 is 0 Å². The molecule has 2 aliphatic rings. The first kappa shape index (κ1) is 11.5. The smallest absolute Gasteiger partial charge is 0.191 e. The van der Waals surface area contributed by atoms with Gasteiger partial charge in [-0.2, -0.15) is 0 Å². The quantitative estimate of drug-likeness (QED) is 0.789. The lowest BCUT2D eigenvalue weighted by molar-refractivity contribution is 0.625. The van der Waals surface area contributed by atoms with Crippen LogP contribution in [0, 0.1) is 0 Å². The van der Waals surface area contributed by atoms with Crippen LogP contribution in [0.4, 0.5) is 0 Å². The molecule has 0 aromatic carbocycles. The molecule has 0 amide bonds. The maximum atomic E-state index is 5.96. The molecule has 0 radical (unpaired) electrons. The summed E-state index contributed by atoms with van der Waals surface area (Å²) in [5.41, 5.74) is 5.96. The number of nitrogens with zero attached hydrogens (tertiary/aromatic N) is 3. The predicted molar refractivity (Wildman–Crippen MR) is 69.3 cm³/mol. The van der Waals surface area contributed by atoms with E-state index in [1.54, 1.807) is 11.8 Å². The van der Waals surface area contributed by atoms with Crippen molar-refractivity contribution in [3.05, 3.63) is 5.82 Å². The second-order valence-electron chi connectivity index (χ2n) is 5.20. The molecule has 1 aromatic rings. The number of thioether (sulfide) groups is 1. The van der Waals surface area contributed by atoms with E-state index in [9.17, 15) is 0 Å². The van der Waals surface area contributed by atoms with Crippen LogP contribution in [-0.2, 0) is 0 Å². The molecule has 2 N–H and O–H groups in total. The van der Waals surface area contributed by atoms with Gasteiger partial charge in [-0.15, -0.1) is 10.2 Å². The SMILES string of the molecule is CCC(N)CSc1nnc(C2CC2)n1C1CC1. The van der Waals surface area contributed by atoms with Crippen LogP contribution in [0.25, 0.3) is 0 Å². The highest BCUT2D eigenvalue weighted by molar-refractivity contribution is 7.99. The van der Waals surface area contributed by atoms with Gasteiger partial charge in [0.15, 0.2) is 5.16 Å². The number of aromatic nitrogens is 3. The molecule has 1 aromatic heterocycles. The summed E-state index contributed by atoms with van der Waals surface area (Å²) in [6.45, 7) is 2.13. The molecule has 1 heterocycles. The summed E-state index contributed by atoms with van der Waals surface area (Å²) in [5, 5.41) is 9.86. The lowest BCUT2D eigenvalue weighted by Gasteiger charge is -2.10. The Balaban J connectivity index is 1.74. The van der Waals surface area contributed by atoms with E-state index in [2.05, 4.69) is 21.7 Å². The van der Waals surface area contributed by atoms with Gasteiger partial charge in [-0.1, -0.05) is 18.7 Å². The van der Waals surface area contributed by atoms with Crippen molar-refractivity contribution in [3.8, 4) is 0 Å². The fourth-order valence-electron chi connectivity index (χ4n) is 1.98. The first-order chi connectivity index (χ1) is 8.29. The second kappa shape index (κ2) is 4.61. The molecule has 3 rings (SSSR count). The summed E-state index contributed by atoms with van der Waals surface area (Å²) in [6, 6.07) is 0.953. The minimum Gasteiger partial charge on any atom is -0.327 e. The van der Waals surface area contributed by atoms with Gasteiger partial charge >= 0.3 is 0 Å². The van der Waals surface area contributed by atoms with Gasteiger partial charge < -0.3 is 10.3 Å². The van der Waals surface area contributed by atoms with E-state index >= 15 is 0 Å². The van der Waals surface area contributed by atoms with E-state index in [1.165, 1.54) is 31.5 Å². The molecule has 17 heavy (non-hydrogen) atoms. The van der Waals surface area contributed by atoms with E-state index in [4.69, 9.17) is 5.73 Å². The van der Waals surface area contributed by atoms with E-state index in [1.807, 2.05) is 0 Å². The Morgan fingerprint density at radius 3 is 2.71 bits per heavy atom. The summed E-state index contributed by atoms with van der Waals surface area (Å²) < 4.78 is 2.39. The van der Waals surface area contributed by atoms with Gasteiger partial charge in [-0.05, 0) is 32.1 Å². The zero-order valence-corrected chi connectivity index (χ0v) is 11.1. The summed E-state index contributed by atoms with van der Waals surface area (Å²) in [4.78, 5) is 0. The average Bonchev–Trinajstić information content (AvgIpc) is 3.24. The Labute approximate surface area is 106 Å². The van der Waals surface area contributed by atoms with Crippen molar-refractivity contribution < 1.29 is 0 Å². The summed E-state index contributed by atoms with van der Waals surface area (Å²) in [7, 11) is 0. The van der Waals surface area contributed by atoms with Gasteiger partial charge in [0.25, 0.3) is 0 Å². The molecule has 4 nitrogen and oxygen atoms in total. The lowest BCUT2D eigenvalue weighted by atomic mass is 10.3. The number of hydrogen-bond acceptors (Lipinski definition) is 4. The average molecular weight is 252 g/mol. The summed E-state index contributed by atoms with van der Waals surface area (Å²) in [5.74, 6) is 2.88. The summed E-state index contributed by atoms with van der Waals surface area (Å²) >= 11 is 1.78. The van der Waals surface area contributed by atoms with Gasteiger partial charge in [-0.25, -0.2) is 0 Å². The van der Waals surface area contributed by atoms with Crippen molar-refractivity contribution in [2.24, 2.45) is 5.73 Å². The molecule has 2 saturated carbocycles. The number of rotatable bonds is 6. The van der Waals surface area contributed by atoms with Crippen LogP contribution in [0.2, 0.25) is 0 Å². The molecule has 0 bridgehead atoms. The standard InChI is InChI=1S/C12H20N4S/c1-2-9(13)7-17-12-15-14-11(8-3-4-8)16(12)10-5-6-10/h8-10H,2-7,13H2,1H3. The second-order valence-corrected chi connectivity index (χ2v) is 6.18. The molecule has 1 atom stereocenters. The highest BCUT2D eigenvalue weighted by Gasteiger charge is 2.36. The molecular weight excluding hydrogens is 232 g/mol. The van der Waals surface area contributed by atoms with Crippen molar-refractivity contribution in [2.75, 3.05) is 5.75 Å². The maximum Gasteiger partial charge on any atom is 0.191 e. The first-order valence-corrected chi connectivity index (χ1v) is 7.61. The topological polar surface area (TPSA) is 56.7 Å². The van der Waals surface area contributed by atoms with E-state index in [0.717, 1.165) is 17.3 Å². The molecular formula is C12H20N4S.